The number of fused-ring (bicyclic) bond motifs is 1. The maximum absolute atomic E-state index is 12.4. The molecule has 0 aromatic rings. The molecule has 0 aromatic heterocycles. The molecule has 5 nitrogen and oxygen atoms in total. The molecule has 1 aliphatic carbocycles. The van der Waals surface area contributed by atoms with Crippen molar-refractivity contribution in [3.05, 3.63) is 35.5 Å². The van der Waals surface area contributed by atoms with Crippen LogP contribution in [0.3, 0.4) is 0 Å². The summed E-state index contributed by atoms with van der Waals surface area (Å²) in [6.45, 7) is 11.3. The quantitative estimate of drug-likeness (QED) is 0.482. The Kier molecular flexibility index (Phi) is 6.22. The summed E-state index contributed by atoms with van der Waals surface area (Å²) in [6.07, 6.45) is 3.45. The summed E-state index contributed by atoms with van der Waals surface area (Å²) in [5.74, 6) is -1.70. The van der Waals surface area contributed by atoms with E-state index in [0.29, 0.717) is 24.8 Å². The van der Waals surface area contributed by atoms with Crippen LogP contribution in [-0.2, 0) is 19.1 Å². The molecule has 1 saturated heterocycles. The van der Waals surface area contributed by atoms with E-state index < -0.39 is 30.2 Å². The zero-order valence-corrected chi connectivity index (χ0v) is 15.5. The zero-order chi connectivity index (χ0) is 18.7. The monoisotopic (exact) mass is 348 g/mol. The first kappa shape index (κ1) is 19.4. The van der Waals surface area contributed by atoms with E-state index in [1.165, 1.54) is 0 Å². The maximum Gasteiger partial charge on any atom is 0.334 e. The summed E-state index contributed by atoms with van der Waals surface area (Å²) in [5.41, 5.74) is 2.05. The molecular formula is C20H28O5. The molecule has 0 unspecified atom stereocenters. The van der Waals surface area contributed by atoms with Gasteiger partial charge in [-0.2, -0.15) is 0 Å². The van der Waals surface area contributed by atoms with Crippen LogP contribution in [-0.4, -0.2) is 35.4 Å². The van der Waals surface area contributed by atoms with Crippen molar-refractivity contribution in [2.75, 3.05) is 0 Å². The Bertz CT molecular complexity index is 616. The predicted molar refractivity (Wildman–Crippen MR) is 94.6 cm³/mol. The summed E-state index contributed by atoms with van der Waals surface area (Å²) in [4.78, 5) is 24.4. The van der Waals surface area contributed by atoms with E-state index in [4.69, 9.17) is 9.47 Å². The van der Waals surface area contributed by atoms with Gasteiger partial charge in [-0.1, -0.05) is 38.2 Å². The third-order valence-corrected chi connectivity index (χ3v) is 5.15. The van der Waals surface area contributed by atoms with Crippen molar-refractivity contribution in [1.29, 1.82) is 0 Å². The molecule has 1 aliphatic heterocycles. The standard InChI is InChI=1S/C20H28O5/c1-6-12(3)19(22)25-18-16-14(5)20(23)24-15(16)10-11(2)8-7-9-13(4)17(18)21/h8-9,12,15-18,21H,5-7,10H2,1-4H3/b11-8-,13-9+/t12-,15-,16+,17+,18+/m1/s1. The fraction of sp³-hybridized carbons (Fsp3) is 0.600. The number of esters is 2. The van der Waals surface area contributed by atoms with Crippen molar-refractivity contribution in [2.45, 2.75) is 65.3 Å². The lowest BCUT2D eigenvalue weighted by Gasteiger charge is -2.32. The number of aliphatic hydroxyl groups is 1. The minimum atomic E-state index is -1.00. The van der Waals surface area contributed by atoms with E-state index in [1.54, 1.807) is 13.8 Å². The molecule has 0 saturated carbocycles. The molecule has 2 rings (SSSR count). The highest BCUT2D eigenvalue weighted by molar-refractivity contribution is 5.91. The number of carbonyl (C=O) groups is 2. The molecule has 2 aliphatic rings. The van der Waals surface area contributed by atoms with Crippen LogP contribution in [0.5, 0.6) is 0 Å². The summed E-state index contributed by atoms with van der Waals surface area (Å²) >= 11 is 0. The van der Waals surface area contributed by atoms with Crippen LogP contribution in [0.15, 0.2) is 35.5 Å². The van der Waals surface area contributed by atoms with Crippen molar-refractivity contribution < 1.29 is 24.2 Å². The van der Waals surface area contributed by atoms with Gasteiger partial charge in [0.15, 0.2) is 0 Å². The number of rotatable bonds is 3. The predicted octanol–water partition coefficient (Wildman–Crippen LogP) is 3.09. The summed E-state index contributed by atoms with van der Waals surface area (Å²) in [5, 5.41) is 10.8. The van der Waals surface area contributed by atoms with Gasteiger partial charge in [0.25, 0.3) is 0 Å². The fourth-order valence-corrected chi connectivity index (χ4v) is 3.20. The Balaban J connectivity index is 2.42. The van der Waals surface area contributed by atoms with Crippen LogP contribution in [0.25, 0.3) is 0 Å². The molecule has 0 spiro atoms. The Morgan fingerprint density at radius 3 is 2.76 bits per heavy atom. The SMILES string of the molecule is C=C1C(=O)O[C@@H]2C/C(C)=C\C/C=C(\C)[C@H](O)[C@@H](OC(=O)[C@H](C)CC)[C@@H]12. The minimum Gasteiger partial charge on any atom is -0.458 e. The van der Waals surface area contributed by atoms with E-state index >= 15 is 0 Å². The van der Waals surface area contributed by atoms with Gasteiger partial charge in [0.05, 0.1) is 11.8 Å². The van der Waals surface area contributed by atoms with Crippen LogP contribution in [0, 0.1) is 11.8 Å². The highest BCUT2D eigenvalue weighted by Crippen LogP contribution is 2.37. The lowest BCUT2D eigenvalue weighted by molar-refractivity contribution is -0.163. The van der Waals surface area contributed by atoms with Gasteiger partial charge in [-0.25, -0.2) is 4.79 Å². The van der Waals surface area contributed by atoms with E-state index in [-0.39, 0.29) is 17.5 Å². The van der Waals surface area contributed by atoms with Crippen molar-refractivity contribution in [3.8, 4) is 0 Å². The molecule has 25 heavy (non-hydrogen) atoms. The molecule has 5 atom stereocenters. The Morgan fingerprint density at radius 1 is 1.44 bits per heavy atom. The highest BCUT2D eigenvalue weighted by Gasteiger charge is 2.48. The summed E-state index contributed by atoms with van der Waals surface area (Å²) in [7, 11) is 0. The normalized spacial score (nSPS) is 35.6. The first-order chi connectivity index (χ1) is 11.8. The number of ether oxygens (including phenoxy) is 2. The van der Waals surface area contributed by atoms with Crippen molar-refractivity contribution in [1.82, 2.24) is 0 Å². The van der Waals surface area contributed by atoms with Gasteiger partial charge in [0.1, 0.15) is 18.3 Å². The minimum absolute atomic E-state index is 0.257. The topological polar surface area (TPSA) is 72.8 Å². The van der Waals surface area contributed by atoms with Crippen molar-refractivity contribution in [2.24, 2.45) is 11.8 Å². The van der Waals surface area contributed by atoms with E-state index in [9.17, 15) is 14.7 Å². The number of hydrogen-bond acceptors (Lipinski definition) is 5. The molecule has 1 fully saturated rings. The first-order valence-corrected chi connectivity index (χ1v) is 8.86. The van der Waals surface area contributed by atoms with Crippen LogP contribution >= 0.6 is 0 Å². The summed E-state index contributed by atoms with van der Waals surface area (Å²) in [6, 6.07) is 0. The Labute approximate surface area is 149 Å². The largest absolute Gasteiger partial charge is 0.458 e. The lowest BCUT2D eigenvalue weighted by atomic mass is 9.82. The number of aliphatic hydroxyl groups excluding tert-OH is 1. The number of carbonyl (C=O) groups excluding carboxylic acids is 2. The number of allylic oxidation sites excluding steroid dienone is 2. The van der Waals surface area contributed by atoms with E-state index in [2.05, 4.69) is 6.58 Å². The summed E-state index contributed by atoms with van der Waals surface area (Å²) < 4.78 is 11.1. The van der Waals surface area contributed by atoms with Crippen LogP contribution in [0.4, 0.5) is 0 Å². The first-order valence-electron chi connectivity index (χ1n) is 8.86. The van der Waals surface area contributed by atoms with E-state index in [1.807, 2.05) is 26.0 Å². The van der Waals surface area contributed by atoms with Crippen LogP contribution in [0.2, 0.25) is 0 Å². The highest BCUT2D eigenvalue weighted by atomic mass is 16.6. The third-order valence-electron chi connectivity index (χ3n) is 5.15. The third kappa shape index (κ3) is 4.21. The van der Waals surface area contributed by atoms with Gasteiger partial charge in [-0.05, 0) is 32.3 Å². The zero-order valence-electron chi connectivity index (χ0n) is 15.5. The van der Waals surface area contributed by atoms with Gasteiger partial charge >= 0.3 is 11.9 Å². The van der Waals surface area contributed by atoms with Gasteiger partial charge in [0.2, 0.25) is 0 Å². The molecule has 138 valence electrons. The van der Waals surface area contributed by atoms with E-state index in [0.717, 1.165) is 5.57 Å². The van der Waals surface area contributed by atoms with Crippen molar-refractivity contribution in [3.63, 3.8) is 0 Å². The molecule has 0 bridgehead atoms. The molecule has 0 aromatic carbocycles. The second-order valence-electron chi connectivity index (χ2n) is 7.09. The maximum atomic E-state index is 12.4. The molecule has 0 radical (unpaired) electrons. The molecule has 5 heteroatoms. The molecule has 1 heterocycles. The average Bonchev–Trinajstić information content (AvgIpc) is 2.84. The van der Waals surface area contributed by atoms with Crippen LogP contribution in [0.1, 0.15) is 47.0 Å². The smallest absolute Gasteiger partial charge is 0.334 e. The molecule has 1 N–H and O–H groups in total. The van der Waals surface area contributed by atoms with Gasteiger partial charge in [-0.3, -0.25) is 4.79 Å². The Hall–Kier alpha value is -1.88. The molecule has 0 amide bonds. The van der Waals surface area contributed by atoms with Gasteiger partial charge < -0.3 is 14.6 Å². The van der Waals surface area contributed by atoms with Crippen molar-refractivity contribution >= 4 is 11.9 Å². The fourth-order valence-electron chi connectivity index (χ4n) is 3.20. The second kappa shape index (κ2) is 8.00. The number of hydrogen-bond donors (Lipinski definition) is 1. The molecular weight excluding hydrogens is 320 g/mol. The van der Waals surface area contributed by atoms with Gasteiger partial charge in [0, 0.05) is 12.0 Å². The van der Waals surface area contributed by atoms with Crippen LogP contribution < -0.4 is 0 Å². The van der Waals surface area contributed by atoms with Gasteiger partial charge in [-0.15, -0.1) is 0 Å². The Morgan fingerprint density at radius 2 is 2.12 bits per heavy atom. The lowest BCUT2D eigenvalue weighted by Crippen LogP contribution is -2.43. The average molecular weight is 348 g/mol. The second-order valence-corrected chi connectivity index (χ2v) is 7.09.